The van der Waals surface area contributed by atoms with E-state index in [1.54, 1.807) is 18.2 Å². The van der Waals surface area contributed by atoms with Crippen LogP contribution in [0.4, 0.5) is 30.4 Å². The molecule has 0 radical (unpaired) electrons. The van der Waals surface area contributed by atoms with E-state index in [1.165, 1.54) is 18.5 Å². The van der Waals surface area contributed by atoms with E-state index < -0.39 is 11.7 Å². The molecule has 0 bridgehead atoms. The Bertz CT molecular complexity index is 1390. The second-order valence-electron chi connectivity index (χ2n) is 8.91. The lowest BCUT2D eigenvalue weighted by molar-refractivity contribution is -0.137. The van der Waals surface area contributed by atoms with Gasteiger partial charge in [-0.05, 0) is 38.4 Å². The van der Waals surface area contributed by atoms with Gasteiger partial charge in [0.2, 0.25) is 5.91 Å². The largest absolute Gasteiger partial charge is 0.486 e. The highest BCUT2D eigenvalue weighted by molar-refractivity contribution is 6.03. The van der Waals surface area contributed by atoms with Crippen LogP contribution in [0.5, 0.6) is 5.75 Å². The average molecular weight is 526 g/mol. The number of aromatic nitrogens is 2. The molecule has 2 N–H and O–H groups in total. The lowest BCUT2D eigenvalue weighted by Crippen LogP contribution is -2.18. The number of alkyl halides is 3. The number of nitrogens with one attached hydrogen (secondary N) is 2. The van der Waals surface area contributed by atoms with Gasteiger partial charge < -0.3 is 25.0 Å². The summed E-state index contributed by atoms with van der Waals surface area (Å²) in [6, 6.07) is 6.54. The zero-order valence-electron chi connectivity index (χ0n) is 20.8. The Morgan fingerprint density at radius 3 is 2.76 bits per heavy atom. The Morgan fingerprint density at radius 1 is 1.26 bits per heavy atom. The van der Waals surface area contributed by atoms with Crippen LogP contribution in [0.3, 0.4) is 0 Å². The molecule has 8 nitrogen and oxygen atoms in total. The van der Waals surface area contributed by atoms with Crippen molar-refractivity contribution in [2.75, 3.05) is 44.5 Å². The number of likely N-dealkylation sites (N-methyl/N-ethyl adjacent to an activating group) is 1. The van der Waals surface area contributed by atoms with Gasteiger partial charge in [0, 0.05) is 41.7 Å². The fourth-order valence-electron chi connectivity index (χ4n) is 3.79. The number of hydrogen-bond acceptors (Lipinski definition) is 7. The number of ether oxygens (including phenoxy) is 2. The molecule has 38 heavy (non-hydrogen) atoms. The summed E-state index contributed by atoms with van der Waals surface area (Å²) in [4.78, 5) is 23.0. The number of halogens is 3. The van der Waals surface area contributed by atoms with Crippen LogP contribution in [0.15, 0.2) is 48.8 Å². The summed E-state index contributed by atoms with van der Waals surface area (Å²) < 4.78 is 51.7. The number of carbonyl (C=O) groups excluding carboxylic acids is 1. The minimum atomic E-state index is -4.58. The van der Waals surface area contributed by atoms with Crippen LogP contribution in [0.1, 0.15) is 17.5 Å². The van der Waals surface area contributed by atoms with Gasteiger partial charge in [-0.25, -0.2) is 9.97 Å². The van der Waals surface area contributed by atoms with Crippen LogP contribution in [0.2, 0.25) is 0 Å². The van der Waals surface area contributed by atoms with Crippen molar-refractivity contribution in [2.24, 2.45) is 0 Å². The summed E-state index contributed by atoms with van der Waals surface area (Å²) in [5, 5.41) is 6.19. The molecular formula is C27H26F3N5O3. The molecule has 0 aliphatic carbocycles. The number of anilines is 3. The molecule has 0 spiro atoms. The molecule has 1 unspecified atom stereocenters. The van der Waals surface area contributed by atoms with Gasteiger partial charge in [0.25, 0.3) is 0 Å². The minimum Gasteiger partial charge on any atom is -0.486 e. The van der Waals surface area contributed by atoms with E-state index in [9.17, 15) is 18.0 Å². The van der Waals surface area contributed by atoms with Crippen molar-refractivity contribution in [2.45, 2.75) is 18.7 Å². The van der Waals surface area contributed by atoms with Crippen molar-refractivity contribution in [1.82, 2.24) is 14.9 Å². The van der Waals surface area contributed by atoms with Crippen molar-refractivity contribution < 1.29 is 27.4 Å². The summed E-state index contributed by atoms with van der Waals surface area (Å²) in [7, 11) is 3.76. The zero-order valence-corrected chi connectivity index (χ0v) is 20.8. The summed E-state index contributed by atoms with van der Waals surface area (Å²) in [5.41, 5.74) is 0.0959. The Hall–Kier alpha value is -4.14. The molecule has 198 valence electrons. The molecule has 1 saturated heterocycles. The van der Waals surface area contributed by atoms with Gasteiger partial charge in [-0.15, -0.1) is 6.42 Å². The topological polar surface area (TPSA) is 88.6 Å². The molecule has 2 aromatic carbocycles. The number of rotatable bonds is 8. The van der Waals surface area contributed by atoms with Crippen LogP contribution >= 0.6 is 0 Å². The standard InChI is InChI=1S/C27H26F3N5O3/c1-4-17-10-18(27(28,29)30)12-19(11-17)33-26-21-13-23(34-25(36)6-5-8-35(2)3)24(14-22(21)31-16-32-26)38-20-7-9-37-15-20/h1,5-6,10-14,16,20H,7-9,15H2,2-3H3,(H,34,36)(H,31,32,33)/b6-5+. The van der Waals surface area contributed by atoms with Gasteiger partial charge in [-0.2, -0.15) is 13.2 Å². The maximum atomic E-state index is 13.4. The highest BCUT2D eigenvalue weighted by Crippen LogP contribution is 2.36. The van der Waals surface area contributed by atoms with Crippen LogP contribution in [0.25, 0.3) is 10.9 Å². The molecule has 1 atom stereocenters. The second kappa shape index (κ2) is 11.5. The van der Waals surface area contributed by atoms with Gasteiger partial charge in [-0.3, -0.25) is 4.79 Å². The van der Waals surface area contributed by atoms with E-state index in [4.69, 9.17) is 15.9 Å². The van der Waals surface area contributed by atoms with E-state index in [-0.39, 0.29) is 29.1 Å². The molecule has 3 aromatic rings. The van der Waals surface area contributed by atoms with Gasteiger partial charge in [0.05, 0.1) is 30.0 Å². The van der Waals surface area contributed by atoms with Gasteiger partial charge in [0.15, 0.2) is 0 Å². The first kappa shape index (κ1) is 26.9. The van der Waals surface area contributed by atoms with Gasteiger partial charge >= 0.3 is 6.18 Å². The Morgan fingerprint density at radius 2 is 2.08 bits per heavy atom. The molecule has 1 fully saturated rings. The first-order chi connectivity index (χ1) is 18.1. The quantitative estimate of drug-likeness (QED) is 0.328. The molecule has 1 aliphatic heterocycles. The highest BCUT2D eigenvalue weighted by atomic mass is 19.4. The number of terminal acetylenes is 1. The molecule has 1 amide bonds. The average Bonchev–Trinajstić information content (AvgIpc) is 3.37. The van der Waals surface area contributed by atoms with Crippen LogP contribution in [-0.4, -0.2) is 60.7 Å². The predicted octanol–water partition coefficient (Wildman–Crippen LogP) is 4.60. The SMILES string of the molecule is C#Cc1cc(Nc2ncnc3cc(OC4CCOC4)c(NC(=O)/C=C/CN(C)C)cc23)cc(C(F)(F)F)c1. The maximum Gasteiger partial charge on any atom is 0.416 e. The third-order valence-corrected chi connectivity index (χ3v) is 5.61. The molecule has 2 heterocycles. The van der Waals surface area contributed by atoms with E-state index in [0.29, 0.717) is 48.5 Å². The highest BCUT2D eigenvalue weighted by Gasteiger charge is 2.31. The van der Waals surface area contributed by atoms with Crippen LogP contribution < -0.4 is 15.4 Å². The van der Waals surface area contributed by atoms with E-state index in [0.717, 1.165) is 12.1 Å². The number of benzene rings is 2. The third kappa shape index (κ3) is 6.79. The van der Waals surface area contributed by atoms with Crippen LogP contribution in [-0.2, 0) is 15.7 Å². The third-order valence-electron chi connectivity index (χ3n) is 5.61. The minimum absolute atomic E-state index is 0.0626. The summed E-state index contributed by atoms with van der Waals surface area (Å²) in [6.07, 6.45) is 5.71. The fraction of sp³-hybridized carbons (Fsp3) is 0.296. The van der Waals surface area contributed by atoms with Crippen molar-refractivity contribution in [1.29, 1.82) is 0 Å². The van der Waals surface area contributed by atoms with Gasteiger partial charge in [-0.1, -0.05) is 12.0 Å². The number of fused-ring (bicyclic) bond motifs is 1. The van der Waals surface area contributed by atoms with Gasteiger partial charge in [0.1, 0.15) is 24.0 Å². The zero-order chi connectivity index (χ0) is 27.3. The number of amides is 1. The summed E-state index contributed by atoms with van der Waals surface area (Å²) in [5.74, 6) is 2.49. The summed E-state index contributed by atoms with van der Waals surface area (Å²) >= 11 is 0. The lowest BCUT2D eigenvalue weighted by atomic mass is 10.1. The van der Waals surface area contributed by atoms with Crippen molar-refractivity contribution in [3.63, 3.8) is 0 Å². The van der Waals surface area contributed by atoms with Crippen molar-refractivity contribution in [3.05, 3.63) is 59.9 Å². The van der Waals surface area contributed by atoms with E-state index in [2.05, 4.69) is 26.5 Å². The maximum absolute atomic E-state index is 13.4. The predicted molar refractivity (Wildman–Crippen MR) is 138 cm³/mol. The number of hydrogen-bond donors (Lipinski definition) is 2. The van der Waals surface area contributed by atoms with E-state index in [1.807, 2.05) is 19.0 Å². The molecule has 4 rings (SSSR count). The molecule has 11 heteroatoms. The first-order valence-electron chi connectivity index (χ1n) is 11.7. The lowest BCUT2D eigenvalue weighted by Gasteiger charge is -2.18. The Kier molecular flexibility index (Phi) is 8.14. The van der Waals surface area contributed by atoms with Crippen molar-refractivity contribution in [3.8, 4) is 18.1 Å². The summed E-state index contributed by atoms with van der Waals surface area (Å²) in [6.45, 7) is 1.56. The Balaban J connectivity index is 1.72. The fourth-order valence-corrected chi connectivity index (χ4v) is 3.79. The van der Waals surface area contributed by atoms with Crippen molar-refractivity contribution >= 4 is 34.0 Å². The molecular weight excluding hydrogens is 499 g/mol. The Labute approximate surface area is 217 Å². The molecule has 1 aliphatic rings. The first-order valence-corrected chi connectivity index (χ1v) is 11.7. The normalized spacial score (nSPS) is 15.7. The molecule has 0 saturated carbocycles. The smallest absolute Gasteiger partial charge is 0.416 e. The van der Waals surface area contributed by atoms with E-state index >= 15 is 0 Å². The molecule has 1 aromatic heterocycles. The monoisotopic (exact) mass is 525 g/mol. The number of carbonyl (C=O) groups is 1. The second-order valence-corrected chi connectivity index (χ2v) is 8.91. The van der Waals surface area contributed by atoms with Crippen LogP contribution in [0, 0.1) is 12.3 Å². The number of nitrogens with zero attached hydrogens (tertiary/aromatic N) is 3.